The molecule has 160 valence electrons. The van der Waals surface area contributed by atoms with Crippen molar-refractivity contribution in [3.63, 3.8) is 0 Å². The molecule has 3 aromatic carbocycles. The van der Waals surface area contributed by atoms with Crippen LogP contribution in [0.3, 0.4) is 0 Å². The first-order valence-corrected chi connectivity index (χ1v) is 10.8. The van der Waals surface area contributed by atoms with Crippen LogP contribution in [0.25, 0.3) is 0 Å². The Morgan fingerprint density at radius 1 is 0.871 bits per heavy atom. The minimum Gasteiger partial charge on any atom is -0.372 e. The van der Waals surface area contributed by atoms with E-state index in [-0.39, 0.29) is 17.6 Å². The van der Waals surface area contributed by atoms with Crippen LogP contribution in [0.15, 0.2) is 72.8 Å². The highest BCUT2D eigenvalue weighted by atomic mass is 16.2. The highest BCUT2D eigenvalue weighted by molar-refractivity contribution is 6.09. The molecule has 0 fully saturated rings. The van der Waals surface area contributed by atoms with Crippen LogP contribution in [0, 0.1) is 6.92 Å². The number of carbonyl (C=O) groups excluding carboxylic acids is 2. The molecule has 1 N–H and O–H groups in total. The predicted molar refractivity (Wildman–Crippen MR) is 128 cm³/mol. The summed E-state index contributed by atoms with van der Waals surface area (Å²) in [6.07, 6.45) is 0. The third-order valence-electron chi connectivity index (χ3n) is 5.67. The van der Waals surface area contributed by atoms with Gasteiger partial charge in [-0.2, -0.15) is 0 Å². The van der Waals surface area contributed by atoms with Crippen LogP contribution >= 0.6 is 0 Å². The smallest absolute Gasteiger partial charge is 0.231 e. The maximum Gasteiger partial charge on any atom is 0.231 e. The van der Waals surface area contributed by atoms with Crippen molar-refractivity contribution in [2.24, 2.45) is 0 Å². The number of anilines is 2. The Hall–Kier alpha value is -3.40. The van der Waals surface area contributed by atoms with Crippen LogP contribution in [0.2, 0.25) is 0 Å². The molecule has 3 rings (SSSR count). The number of ketones is 1. The van der Waals surface area contributed by atoms with Crippen LogP contribution in [-0.4, -0.2) is 24.8 Å². The van der Waals surface area contributed by atoms with Gasteiger partial charge < -0.3 is 10.2 Å². The normalized spacial score (nSPS) is 11.6. The predicted octanol–water partition coefficient (Wildman–Crippen LogP) is 5.81. The van der Waals surface area contributed by atoms with Crippen LogP contribution in [-0.2, 0) is 4.79 Å². The van der Waals surface area contributed by atoms with Gasteiger partial charge in [-0.3, -0.25) is 9.59 Å². The van der Waals surface area contributed by atoms with E-state index in [1.165, 1.54) is 0 Å². The quantitative estimate of drug-likeness (QED) is 0.473. The largest absolute Gasteiger partial charge is 0.372 e. The lowest BCUT2D eigenvalue weighted by molar-refractivity contribution is -0.117. The first kappa shape index (κ1) is 22.3. The van der Waals surface area contributed by atoms with E-state index in [4.69, 9.17) is 0 Å². The van der Waals surface area contributed by atoms with Gasteiger partial charge in [-0.1, -0.05) is 48.5 Å². The Bertz CT molecular complexity index is 1060. The molecule has 4 heteroatoms. The number of aryl methyl sites for hydroxylation is 1. The number of nitrogens with one attached hydrogen (secondary N) is 1. The zero-order valence-corrected chi connectivity index (χ0v) is 18.7. The van der Waals surface area contributed by atoms with Crippen LogP contribution < -0.4 is 10.2 Å². The molecule has 0 heterocycles. The summed E-state index contributed by atoms with van der Waals surface area (Å²) in [5, 5.41) is 3.05. The summed E-state index contributed by atoms with van der Waals surface area (Å²) in [4.78, 5) is 28.0. The number of carbonyl (C=O) groups is 2. The fourth-order valence-electron chi connectivity index (χ4n) is 3.67. The second-order valence-electron chi connectivity index (χ2n) is 7.70. The summed E-state index contributed by atoms with van der Waals surface area (Å²) in [6.45, 7) is 10.0. The van der Waals surface area contributed by atoms with Crippen molar-refractivity contribution in [1.29, 1.82) is 0 Å². The van der Waals surface area contributed by atoms with Gasteiger partial charge in [-0.15, -0.1) is 0 Å². The van der Waals surface area contributed by atoms with Crippen molar-refractivity contribution in [3.05, 3.63) is 95.1 Å². The second-order valence-corrected chi connectivity index (χ2v) is 7.70. The Morgan fingerprint density at radius 3 is 2.19 bits per heavy atom. The van der Waals surface area contributed by atoms with Gasteiger partial charge in [0, 0.05) is 35.6 Å². The summed E-state index contributed by atoms with van der Waals surface area (Å²) in [5.41, 5.74) is 5.03. The molecular weight excluding hydrogens is 384 g/mol. The van der Waals surface area contributed by atoms with Crippen molar-refractivity contribution in [3.8, 4) is 0 Å². The maximum atomic E-state index is 12.9. The molecule has 1 amide bonds. The van der Waals surface area contributed by atoms with E-state index < -0.39 is 0 Å². The molecule has 0 spiro atoms. The highest BCUT2D eigenvalue weighted by Gasteiger charge is 2.18. The number of hydrogen-bond donors (Lipinski definition) is 1. The van der Waals surface area contributed by atoms with Gasteiger partial charge in [0.05, 0.1) is 5.92 Å². The number of hydrogen-bond acceptors (Lipinski definition) is 3. The number of benzene rings is 3. The lowest BCUT2D eigenvalue weighted by Gasteiger charge is -2.22. The van der Waals surface area contributed by atoms with Crippen molar-refractivity contribution >= 4 is 23.1 Å². The van der Waals surface area contributed by atoms with Gasteiger partial charge in [0.2, 0.25) is 5.91 Å². The maximum absolute atomic E-state index is 12.9. The van der Waals surface area contributed by atoms with E-state index in [1.54, 1.807) is 18.2 Å². The van der Waals surface area contributed by atoms with Gasteiger partial charge >= 0.3 is 0 Å². The van der Waals surface area contributed by atoms with E-state index in [9.17, 15) is 9.59 Å². The van der Waals surface area contributed by atoms with Crippen molar-refractivity contribution in [2.45, 2.75) is 33.6 Å². The number of nitrogens with zero attached hydrogens (tertiary/aromatic N) is 1. The average Bonchev–Trinajstić information content (AvgIpc) is 2.81. The van der Waals surface area contributed by atoms with Crippen LogP contribution in [0.1, 0.15) is 53.7 Å². The fraction of sp³-hybridized carbons (Fsp3) is 0.259. The Balaban J connectivity index is 1.75. The molecular formula is C27H30N2O2. The summed E-state index contributed by atoms with van der Waals surface area (Å²) >= 11 is 0. The minimum absolute atomic E-state index is 0.0436. The number of rotatable bonds is 8. The summed E-state index contributed by atoms with van der Waals surface area (Å²) in [6, 6.07) is 22.6. The molecule has 4 nitrogen and oxygen atoms in total. The van der Waals surface area contributed by atoms with Crippen LogP contribution in [0.4, 0.5) is 11.4 Å². The summed E-state index contributed by atoms with van der Waals surface area (Å²) < 4.78 is 0. The van der Waals surface area contributed by atoms with Crippen molar-refractivity contribution in [2.75, 3.05) is 23.3 Å². The monoisotopic (exact) mass is 414 g/mol. The first-order chi connectivity index (χ1) is 14.9. The summed E-state index contributed by atoms with van der Waals surface area (Å²) in [5.74, 6) is -0.522. The number of amides is 1. The Kier molecular flexibility index (Phi) is 7.24. The van der Waals surface area contributed by atoms with Crippen molar-refractivity contribution < 1.29 is 9.59 Å². The molecule has 0 aliphatic carbocycles. The van der Waals surface area contributed by atoms with Gasteiger partial charge in [-0.05, 0) is 63.1 Å². The highest BCUT2D eigenvalue weighted by Crippen LogP contribution is 2.25. The molecule has 0 saturated carbocycles. The molecule has 0 saturated heterocycles. The molecule has 0 aliphatic rings. The van der Waals surface area contributed by atoms with Crippen LogP contribution in [0.5, 0.6) is 0 Å². The standard InChI is InChI=1S/C27H30N2O2/c1-5-29(6-2)24-15-16-25(19(3)17-24)28-27(31)20(4)22-13-10-14-23(18-22)26(30)21-11-8-7-9-12-21/h7-18,20H,5-6H2,1-4H3,(H,28,31)/t20-/m0/s1. The van der Waals surface area contributed by atoms with Gasteiger partial charge in [0.1, 0.15) is 0 Å². The molecule has 0 bridgehead atoms. The third-order valence-corrected chi connectivity index (χ3v) is 5.67. The molecule has 3 aromatic rings. The lowest BCUT2D eigenvalue weighted by atomic mass is 9.95. The first-order valence-electron chi connectivity index (χ1n) is 10.8. The van der Waals surface area contributed by atoms with E-state index in [0.717, 1.165) is 35.6 Å². The topological polar surface area (TPSA) is 49.4 Å². The minimum atomic E-state index is -0.384. The molecule has 0 aromatic heterocycles. The molecule has 0 radical (unpaired) electrons. The zero-order valence-electron chi connectivity index (χ0n) is 18.7. The Morgan fingerprint density at radius 2 is 1.55 bits per heavy atom. The zero-order chi connectivity index (χ0) is 22.4. The third kappa shape index (κ3) is 5.21. The fourth-order valence-corrected chi connectivity index (χ4v) is 3.67. The SMILES string of the molecule is CCN(CC)c1ccc(NC(=O)[C@@H](C)c2cccc(C(=O)c3ccccc3)c2)c(C)c1. The van der Waals surface area contributed by atoms with E-state index in [0.29, 0.717) is 11.1 Å². The van der Waals surface area contributed by atoms with Gasteiger partial charge in [0.15, 0.2) is 5.78 Å². The van der Waals surface area contributed by atoms with Crippen molar-refractivity contribution in [1.82, 2.24) is 0 Å². The molecule has 31 heavy (non-hydrogen) atoms. The molecule has 1 atom stereocenters. The van der Waals surface area contributed by atoms with Gasteiger partial charge in [-0.25, -0.2) is 0 Å². The second kappa shape index (κ2) is 10.1. The van der Waals surface area contributed by atoms with E-state index in [2.05, 4.69) is 30.1 Å². The van der Waals surface area contributed by atoms with Gasteiger partial charge in [0.25, 0.3) is 0 Å². The molecule has 0 unspecified atom stereocenters. The summed E-state index contributed by atoms with van der Waals surface area (Å²) in [7, 11) is 0. The Labute approximate surface area is 184 Å². The average molecular weight is 415 g/mol. The lowest BCUT2D eigenvalue weighted by Crippen LogP contribution is -2.22. The molecule has 0 aliphatic heterocycles. The van der Waals surface area contributed by atoms with E-state index >= 15 is 0 Å². The van der Waals surface area contributed by atoms with E-state index in [1.807, 2.05) is 62.4 Å².